The summed E-state index contributed by atoms with van der Waals surface area (Å²) in [4.78, 5) is 22.8. The molecule has 1 unspecified atom stereocenters. The average molecular weight is 311 g/mol. The van der Waals surface area contributed by atoms with E-state index in [1.165, 1.54) is 12.1 Å². The molecular formula is C15H22FN3O3. The summed E-state index contributed by atoms with van der Waals surface area (Å²) >= 11 is 0. The van der Waals surface area contributed by atoms with Gasteiger partial charge in [-0.05, 0) is 43.5 Å². The Morgan fingerprint density at radius 3 is 2.50 bits per heavy atom. The van der Waals surface area contributed by atoms with Crippen LogP contribution in [0.25, 0.3) is 0 Å². The van der Waals surface area contributed by atoms with Crippen molar-refractivity contribution in [1.82, 2.24) is 10.6 Å². The molecule has 7 heteroatoms. The highest BCUT2D eigenvalue weighted by atomic mass is 19.1. The van der Waals surface area contributed by atoms with Gasteiger partial charge in [-0.3, -0.25) is 4.79 Å². The third-order valence-corrected chi connectivity index (χ3v) is 3.11. The van der Waals surface area contributed by atoms with Gasteiger partial charge in [0.05, 0.1) is 6.54 Å². The third-order valence-electron chi connectivity index (χ3n) is 3.11. The number of halogens is 1. The monoisotopic (exact) mass is 311 g/mol. The first-order chi connectivity index (χ1) is 10.5. The van der Waals surface area contributed by atoms with E-state index in [0.29, 0.717) is 25.9 Å². The number of unbranched alkanes of at least 4 members (excludes halogenated alkanes) is 1. The lowest BCUT2D eigenvalue weighted by atomic mass is 10.1. The van der Waals surface area contributed by atoms with Crippen molar-refractivity contribution < 1.29 is 19.1 Å². The molecule has 0 aliphatic heterocycles. The lowest BCUT2D eigenvalue weighted by Crippen LogP contribution is -2.44. The number of amides is 1. The van der Waals surface area contributed by atoms with Gasteiger partial charge in [0.1, 0.15) is 11.9 Å². The summed E-state index contributed by atoms with van der Waals surface area (Å²) in [5.41, 5.74) is 6.19. The Bertz CT molecular complexity index is 479. The maximum absolute atomic E-state index is 12.7. The van der Waals surface area contributed by atoms with E-state index in [0.717, 1.165) is 12.0 Å². The predicted molar refractivity (Wildman–Crippen MR) is 80.6 cm³/mol. The van der Waals surface area contributed by atoms with E-state index in [-0.39, 0.29) is 18.3 Å². The van der Waals surface area contributed by atoms with Crippen molar-refractivity contribution in [3.05, 3.63) is 35.6 Å². The van der Waals surface area contributed by atoms with E-state index < -0.39 is 12.0 Å². The van der Waals surface area contributed by atoms with Gasteiger partial charge in [0.15, 0.2) is 0 Å². The number of carbonyl (C=O) groups excluding carboxylic acids is 1. The van der Waals surface area contributed by atoms with E-state index in [4.69, 9.17) is 10.8 Å². The molecule has 0 heterocycles. The van der Waals surface area contributed by atoms with Crippen LogP contribution in [0.15, 0.2) is 24.3 Å². The van der Waals surface area contributed by atoms with Gasteiger partial charge >= 0.3 is 5.97 Å². The van der Waals surface area contributed by atoms with Gasteiger partial charge in [0.25, 0.3) is 0 Å². The summed E-state index contributed by atoms with van der Waals surface area (Å²) in [6, 6.07) is 5.02. The van der Waals surface area contributed by atoms with Gasteiger partial charge in [-0.2, -0.15) is 0 Å². The fourth-order valence-corrected chi connectivity index (χ4v) is 1.92. The molecule has 1 atom stereocenters. The van der Waals surface area contributed by atoms with E-state index in [9.17, 15) is 14.0 Å². The summed E-state index contributed by atoms with van der Waals surface area (Å²) in [5.74, 6) is -1.76. The molecule has 122 valence electrons. The van der Waals surface area contributed by atoms with Gasteiger partial charge < -0.3 is 21.5 Å². The molecule has 1 aromatic rings. The van der Waals surface area contributed by atoms with Crippen molar-refractivity contribution in [1.29, 1.82) is 0 Å². The minimum Gasteiger partial charge on any atom is -0.480 e. The normalized spacial score (nSPS) is 11.9. The fraction of sp³-hybridized carbons (Fsp3) is 0.467. The van der Waals surface area contributed by atoms with Crippen LogP contribution in [0, 0.1) is 5.82 Å². The van der Waals surface area contributed by atoms with Crippen molar-refractivity contribution in [2.45, 2.75) is 31.8 Å². The Morgan fingerprint density at radius 1 is 1.23 bits per heavy atom. The fourth-order valence-electron chi connectivity index (χ4n) is 1.92. The Labute approximate surface area is 128 Å². The molecule has 0 aliphatic rings. The Kier molecular flexibility index (Phi) is 8.09. The number of rotatable bonds is 10. The minimum absolute atomic E-state index is 0.00194. The molecule has 0 aliphatic carbocycles. The molecule has 0 bridgehead atoms. The molecular weight excluding hydrogens is 289 g/mol. The smallest absolute Gasteiger partial charge is 0.326 e. The quantitative estimate of drug-likeness (QED) is 0.474. The minimum atomic E-state index is -1.05. The molecule has 0 saturated carbocycles. The topological polar surface area (TPSA) is 104 Å². The maximum atomic E-state index is 12.7. The lowest BCUT2D eigenvalue weighted by Gasteiger charge is -2.14. The summed E-state index contributed by atoms with van der Waals surface area (Å²) in [6.45, 7) is 0.899. The van der Waals surface area contributed by atoms with Crippen LogP contribution in [0.2, 0.25) is 0 Å². The summed E-state index contributed by atoms with van der Waals surface area (Å²) in [5, 5.41) is 14.4. The molecule has 0 saturated heterocycles. The summed E-state index contributed by atoms with van der Waals surface area (Å²) < 4.78 is 12.7. The Balaban J connectivity index is 2.30. The zero-order chi connectivity index (χ0) is 16.4. The number of hydrogen-bond acceptors (Lipinski definition) is 4. The van der Waals surface area contributed by atoms with Gasteiger partial charge in [-0.1, -0.05) is 12.1 Å². The van der Waals surface area contributed by atoms with Crippen molar-refractivity contribution >= 4 is 11.9 Å². The first kappa shape index (κ1) is 18.1. The van der Waals surface area contributed by atoms with Gasteiger partial charge in [0, 0.05) is 6.54 Å². The second kappa shape index (κ2) is 9.86. The average Bonchev–Trinajstić information content (AvgIpc) is 2.48. The number of nitrogens with one attached hydrogen (secondary N) is 2. The molecule has 1 aromatic carbocycles. The molecule has 0 fully saturated rings. The van der Waals surface area contributed by atoms with Crippen LogP contribution in [-0.4, -0.2) is 36.1 Å². The third kappa shape index (κ3) is 7.14. The number of nitrogens with two attached hydrogens (primary N) is 1. The summed E-state index contributed by atoms with van der Waals surface area (Å²) in [6.07, 6.45) is 1.73. The number of carboxylic acid groups (broad SMARTS) is 1. The molecule has 5 N–H and O–H groups in total. The van der Waals surface area contributed by atoms with Crippen LogP contribution in [0.1, 0.15) is 24.8 Å². The van der Waals surface area contributed by atoms with Crippen LogP contribution in [0.5, 0.6) is 0 Å². The second-order valence-electron chi connectivity index (χ2n) is 4.97. The van der Waals surface area contributed by atoms with Crippen LogP contribution < -0.4 is 16.4 Å². The van der Waals surface area contributed by atoms with Crippen LogP contribution >= 0.6 is 0 Å². The highest BCUT2D eigenvalue weighted by Gasteiger charge is 2.18. The maximum Gasteiger partial charge on any atom is 0.326 e. The largest absolute Gasteiger partial charge is 0.480 e. The first-order valence-electron chi connectivity index (χ1n) is 7.20. The lowest BCUT2D eigenvalue weighted by molar-refractivity contribution is -0.141. The van der Waals surface area contributed by atoms with Gasteiger partial charge in [-0.25, -0.2) is 9.18 Å². The zero-order valence-electron chi connectivity index (χ0n) is 12.3. The van der Waals surface area contributed by atoms with E-state index in [2.05, 4.69) is 10.6 Å². The molecule has 0 aromatic heterocycles. The first-order valence-corrected chi connectivity index (χ1v) is 7.20. The van der Waals surface area contributed by atoms with Crippen molar-refractivity contribution in [2.24, 2.45) is 5.73 Å². The van der Waals surface area contributed by atoms with Crippen LogP contribution in [0.3, 0.4) is 0 Å². The highest BCUT2D eigenvalue weighted by molar-refractivity contribution is 5.84. The molecule has 6 nitrogen and oxygen atoms in total. The van der Waals surface area contributed by atoms with Crippen molar-refractivity contribution in [3.8, 4) is 0 Å². The number of carboxylic acids is 1. The van der Waals surface area contributed by atoms with Crippen molar-refractivity contribution in [2.75, 3.05) is 13.1 Å². The molecule has 0 spiro atoms. The van der Waals surface area contributed by atoms with Crippen LogP contribution in [-0.2, 0) is 16.1 Å². The Hall–Kier alpha value is -1.99. The van der Waals surface area contributed by atoms with E-state index in [1.54, 1.807) is 12.1 Å². The molecule has 1 amide bonds. The van der Waals surface area contributed by atoms with Crippen LogP contribution in [0.4, 0.5) is 4.39 Å². The standard InChI is InChI=1S/C15H22FN3O3/c16-12-6-4-11(5-7-12)9-18-10-14(20)19-13(15(21)22)3-1-2-8-17/h4-7,13,18H,1-3,8-10,17H2,(H,19,20)(H,21,22). The van der Waals surface area contributed by atoms with E-state index >= 15 is 0 Å². The number of benzene rings is 1. The molecule has 22 heavy (non-hydrogen) atoms. The second-order valence-corrected chi connectivity index (χ2v) is 4.97. The predicted octanol–water partition coefficient (Wildman–Crippen LogP) is 0.614. The highest BCUT2D eigenvalue weighted by Crippen LogP contribution is 2.02. The summed E-state index contributed by atoms with van der Waals surface area (Å²) in [7, 11) is 0. The van der Waals surface area contributed by atoms with E-state index in [1.807, 2.05) is 0 Å². The number of carbonyl (C=O) groups is 2. The SMILES string of the molecule is NCCCCC(NC(=O)CNCc1ccc(F)cc1)C(=O)O. The Morgan fingerprint density at radius 2 is 1.91 bits per heavy atom. The number of hydrogen-bond donors (Lipinski definition) is 4. The molecule has 1 rings (SSSR count). The van der Waals surface area contributed by atoms with Gasteiger partial charge in [-0.15, -0.1) is 0 Å². The number of aliphatic carboxylic acids is 1. The van der Waals surface area contributed by atoms with Gasteiger partial charge in [0.2, 0.25) is 5.91 Å². The zero-order valence-corrected chi connectivity index (χ0v) is 12.3. The van der Waals surface area contributed by atoms with Crippen molar-refractivity contribution in [3.63, 3.8) is 0 Å². The molecule has 0 radical (unpaired) electrons.